The van der Waals surface area contributed by atoms with Gasteiger partial charge in [0.1, 0.15) is 5.69 Å². The number of rotatable bonds is 5. The molecular weight excluding hydrogens is 390 g/mol. The molecule has 3 rings (SSSR count). The molecule has 0 atom stereocenters. The summed E-state index contributed by atoms with van der Waals surface area (Å²) < 4.78 is 4.86. The number of carbonyl (C=O) groups excluding carboxylic acids is 2. The number of aromatic nitrogens is 2. The number of nitrogens with one attached hydrogen (secondary N) is 2. The van der Waals surface area contributed by atoms with E-state index < -0.39 is 5.97 Å². The van der Waals surface area contributed by atoms with Gasteiger partial charge in [-0.3, -0.25) is 9.78 Å². The van der Waals surface area contributed by atoms with Gasteiger partial charge in [-0.2, -0.15) is 0 Å². The number of amides is 1. The first kappa shape index (κ1) is 20.3. The number of hydrogen-bond donors (Lipinski definition) is 2. The molecule has 8 heteroatoms. The summed E-state index contributed by atoms with van der Waals surface area (Å²) in [5, 5.41) is 3.16. The van der Waals surface area contributed by atoms with E-state index in [9.17, 15) is 9.59 Å². The molecule has 0 saturated heterocycles. The highest BCUT2D eigenvalue weighted by Gasteiger charge is 2.19. The van der Waals surface area contributed by atoms with Crippen LogP contribution in [0.5, 0.6) is 0 Å². The van der Waals surface area contributed by atoms with E-state index in [0.29, 0.717) is 22.8 Å². The van der Waals surface area contributed by atoms with E-state index in [0.717, 1.165) is 11.1 Å². The molecular formula is C21H20N4O3S. The minimum absolute atomic E-state index is 0.229. The smallest absolute Gasteiger partial charge is 0.356 e. The minimum Gasteiger partial charge on any atom is -0.464 e. The first-order valence-corrected chi connectivity index (χ1v) is 10.0. The molecule has 29 heavy (non-hydrogen) atoms. The van der Waals surface area contributed by atoms with E-state index in [1.54, 1.807) is 49.1 Å². The minimum atomic E-state index is -0.531. The average Bonchev–Trinajstić information content (AvgIpc) is 3.15. The van der Waals surface area contributed by atoms with Gasteiger partial charge in [0.2, 0.25) is 0 Å². The number of esters is 1. The Bertz CT molecular complexity index is 1020. The van der Waals surface area contributed by atoms with Crippen molar-refractivity contribution in [2.24, 2.45) is 4.99 Å². The standard InChI is InChI=1S/C21H20N4O3S/c1-28-20(27)18-17(16(13-23-18)11-14-7-6-10-22-12-14)24-21(29-2)25-19(26)15-8-4-3-5-9-15/h3-10,12-13,23H,11H2,1-2H3,(H,24,25,26)/i21+2. The maximum Gasteiger partial charge on any atom is 0.356 e. The van der Waals surface area contributed by atoms with Crippen molar-refractivity contribution in [3.05, 3.63) is 83.4 Å². The van der Waals surface area contributed by atoms with E-state index >= 15 is 0 Å². The fourth-order valence-electron chi connectivity index (χ4n) is 2.68. The van der Waals surface area contributed by atoms with Gasteiger partial charge in [0.05, 0.1) is 7.11 Å². The van der Waals surface area contributed by atoms with Gasteiger partial charge in [0.25, 0.3) is 5.91 Å². The number of amidine groups is 1. The van der Waals surface area contributed by atoms with Crippen LogP contribution in [0, 0.1) is 0 Å². The van der Waals surface area contributed by atoms with Crippen LogP contribution < -0.4 is 5.32 Å². The topological polar surface area (TPSA) is 96.4 Å². The first-order valence-electron chi connectivity index (χ1n) is 8.79. The fraction of sp³-hybridized carbons (Fsp3) is 0.143. The molecule has 3 aromatic rings. The number of aliphatic imine (C=N–C) groups is 1. The molecule has 0 spiro atoms. The molecule has 148 valence electrons. The summed E-state index contributed by atoms with van der Waals surface area (Å²) in [7, 11) is 1.31. The van der Waals surface area contributed by atoms with E-state index in [-0.39, 0.29) is 11.6 Å². The Kier molecular flexibility index (Phi) is 6.80. The van der Waals surface area contributed by atoms with Crippen LogP contribution in [0.3, 0.4) is 0 Å². The largest absolute Gasteiger partial charge is 0.464 e. The van der Waals surface area contributed by atoms with E-state index in [4.69, 9.17) is 4.74 Å². The van der Waals surface area contributed by atoms with Crippen LogP contribution in [0.15, 0.2) is 66.0 Å². The lowest BCUT2D eigenvalue weighted by Gasteiger charge is -2.08. The predicted octanol–water partition coefficient (Wildman–Crippen LogP) is 3.57. The van der Waals surface area contributed by atoms with Crippen LogP contribution in [0.25, 0.3) is 0 Å². The fourth-order valence-corrected chi connectivity index (χ4v) is 3.06. The van der Waals surface area contributed by atoms with Crippen molar-refractivity contribution in [3.63, 3.8) is 0 Å². The van der Waals surface area contributed by atoms with Gasteiger partial charge in [-0.1, -0.05) is 36.0 Å². The van der Waals surface area contributed by atoms with Gasteiger partial charge in [0, 0.05) is 36.1 Å². The summed E-state index contributed by atoms with van der Waals surface area (Å²) in [5.41, 5.74) is 2.94. The second-order valence-electron chi connectivity index (χ2n) is 6.01. The number of aromatic amines is 1. The number of carbonyl (C=O) groups is 2. The zero-order valence-electron chi connectivity index (χ0n) is 16.0. The molecule has 0 aliphatic heterocycles. The van der Waals surface area contributed by atoms with Crippen LogP contribution in [0.4, 0.5) is 5.69 Å². The molecule has 0 bridgehead atoms. The van der Waals surface area contributed by atoms with Crippen LogP contribution in [-0.4, -0.2) is 40.4 Å². The maximum absolute atomic E-state index is 12.5. The van der Waals surface area contributed by atoms with Crippen LogP contribution >= 0.6 is 11.8 Å². The molecule has 0 aliphatic rings. The Labute approximate surface area is 172 Å². The highest BCUT2D eigenvalue weighted by atomic mass is 32.2. The highest BCUT2D eigenvalue weighted by molar-refractivity contribution is 8.13. The van der Waals surface area contributed by atoms with Gasteiger partial charge in [-0.05, 0) is 30.0 Å². The average molecular weight is 410 g/mol. The normalized spacial score (nSPS) is 11.2. The van der Waals surface area contributed by atoms with Crippen molar-refractivity contribution >= 4 is 34.5 Å². The molecule has 0 unspecified atom stereocenters. The Hall–Kier alpha value is -3.39. The van der Waals surface area contributed by atoms with Crippen molar-refractivity contribution in [2.75, 3.05) is 13.4 Å². The van der Waals surface area contributed by atoms with Crippen molar-refractivity contribution in [1.82, 2.24) is 15.3 Å². The SMILES string of the molecule is COC(=O)c1[nH]cc(Cc2cccnc2)c1N=[14C](NC(=O)c1ccccc1)SC. The Morgan fingerprint density at radius 2 is 2.03 bits per heavy atom. The molecule has 0 fully saturated rings. The Morgan fingerprint density at radius 1 is 1.24 bits per heavy atom. The van der Waals surface area contributed by atoms with Gasteiger partial charge in [0.15, 0.2) is 10.9 Å². The van der Waals surface area contributed by atoms with E-state index in [2.05, 4.69) is 20.3 Å². The summed E-state index contributed by atoms with van der Waals surface area (Å²) in [6.07, 6.45) is 7.49. The predicted molar refractivity (Wildman–Crippen MR) is 114 cm³/mol. The third-order valence-corrected chi connectivity index (χ3v) is 4.68. The van der Waals surface area contributed by atoms with Crippen molar-refractivity contribution in [2.45, 2.75) is 6.42 Å². The van der Waals surface area contributed by atoms with Gasteiger partial charge in [-0.25, -0.2) is 9.79 Å². The van der Waals surface area contributed by atoms with Crippen LogP contribution in [0.1, 0.15) is 32.0 Å². The van der Waals surface area contributed by atoms with Gasteiger partial charge >= 0.3 is 5.97 Å². The second kappa shape index (κ2) is 9.70. The first-order chi connectivity index (χ1) is 14.1. The lowest BCUT2D eigenvalue weighted by molar-refractivity contribution is 0.0595. The van der Waals surface area contributed by atoms with Gasteiger partial charge in [-0.15, -0.1) is 0 Å². The monoisotopic (exact) mass is 410 g/mol. The number of thioether (sulfide) groups is 1. The molecule has 1 amide bonds. The van der Waals surface area contributed by atoms with Crippen molar-refractivity contribution in [1.29, 1.82) is 0 Å². The summed E-state index contributed by atoms with van der Waals surface area (Å²) in [6.45, 7) is 0. The summed E-state index contributed by atoms with van der Waals surface area (Å²) in [4.78, 5) is 36.3. The molecule has 0 saturated carbocycles. The van der Waals surface area contributed by atoms with Crippen LogP contribution in [-0.2, 0) is 11.2 Å². The second-order valence-corrected chi connectivity index (χ2v) is 6.80. The molecule has 2 aromatic heterocycles. The molecule has 0 aliphatic carbocycles. The van der Waals surface area contributed by atoms with E-state index in [1.165, 1.54) is 18.9 Å². The lowest BCUT2D eigenvalue weighted by atomic mass is 10.1. The zero-order chi connectivity index (χ0) is 20.6. The lowest BCUT2D eigenvalue weighted by Crippen LogP contribution is -2.28. The van der Waals surface area contributed by atoms with Crippen molar-refractivity contribution in [3.8, 4) is 0 Å². The highest BCUT2D eigenvalue weighted by Crippen LogP contribution is 2.28. The zero-order valence-corrected chi connectivity index (χ0v) is 16.8. The summed E-state index contributed by atoms with van der Waals surface area (Å²) in [5.74, 6) is -0.807. The Morgan fingerprint density at radius 3 is 2.69 bits per heavy atom. The third kappa shape index (κ3) is 5.11. The summed E-state index contributed by atoms with van der Waals surface area (Å²) >= 11 is 1.27. The molecule has 7 nitrogen and oxygen atoms in total. The number of nitrogens with zero attached hydrogens (tertiary/aromatic N) is 2. The molecule has 0 radical (unpaired) electrons. The molecule has 2 heterocycles. The number of H-pyrrole nitrogens is 1. The van der Waals surface area contributed by atoms with Gasteiger partial charge < -0.3 is 15.0 Å². The number of methoxy groups -OCH3 is 1. The van der Waals surface area contributed by atoms with Crippen LogP contribution in [0.2, 0.25) is 0 Å². The van der Waals surface area contributed by atoms with E-state index in [1.807, 2.05) is 18.2 Å². The number of pyridine rings is 1. The number of benzene rings is 1. The van der Waals surface area contributed by atoms with Crippen molar-refractivity contribution < 1.29 is 14.3 Å². The molecule has 1 aromatic carbocycles. The summed E-state index contributed by atoms with van der Waals surface area (Å²) in [6, 6.07) is 12.6. The molecule has 2 N–H and O–H groups in total. The Balaban J connectivity index is 1.94. The quantitative estimate of drug-likeness (QED) is 0.381. The third-order valence-electron chi connectivity index (χ3n) is 4.10. The maximum atomic E-state index is 12.5. The number of ether oxygens (including phenoxy) is 1. The number of hydrogen-bond acceptors (Lipinski definition) is 6.